The van der Waals surface area contributed by atoms with Crippen LogP contribution in [0.1, 0.15) is 48.0 Å². The second kappa shape index (κ2) is 9.79. The molecule has 0 bridgehead atoms. The summed E-state index contributed by atoms with van der Waals surface area (Å²) in [6, 6.07) is 15.4. The summed E-state index contributed by atoms with van der Waals surface area (Å²) < 4.78 is 16.3. The van der Waals surface area contributed by atoms with Gasteiger partial charge < -0.3 is 20.2 Å². The average Bonchev–Trinajstić information content (AvgIpc) is 3.24. The van der Waals surface area contributed by atoms with Gasteiger partial charge >= 0.3 is 0 Å². The summed E-state index contributed by atoms with van der Waals surface area (Å²) in [5.74, 6) is 0.248. The predicted molar refractivity (Wildman–Crippen MR) is 142 cm³/mol. The smallest absolute Gasteiger partial charge is 0.275 e. The van der Waals surface area contributed by atoms with Crippen molar-refractivity contribution in [3.63, 3.8) is 0 Å². The van der Waals surface area contributed by atoms with Crippen molar-refractivity contribution in [2.24, 2.45) is 0 Å². The Kier molecular flexibility index (Phi) is 6.68. The molecule has 1 fully saturated rings. The van der Waals surface area contributed by atoms with Gasteiger partial charge in [0.05, 0.1) is 6.54 Å². The van der Waals surface area contributed by atoms with E-state index in [1.54, 1.807) is 29.8 Å². The summed E-state index contributed by atoms with van der Waals surface area (Å²) in [7, 11) is 1.68. The van der Waals surface area contributed by atoms with Gasteiger partial charge in [0.1, 0.15) is 5.82 Å². The van der Waals surface area contributed by atoms with Crippen LogP contribution in [0.5, 0.6) is 0 Å². The van der Waals surface area contributed by atoms with Crippen LogP contribution in [-0.2, 0) is 18.5 Å². The lowest BCUT2D eigenvalue weighted by Crippen LogP contribution is -2.51. The number of halogens is 1. The maximum absolute atomic E-state index is 14.6. The number of amides is 1. The van der Waals surface area contributed by atoms with Gasteiger partial charge in [-0.1, -0.05) is 63.2 Å². The summed E-state index contributed by atoms with van der Waals surface area (Å²) in [6.07, 6.45) is -1.16. The van der Waals surface area contributed by atoms with E-state index in [1.807, 2.05) is 0 Å². The maximum Gasteiger partial charge on any atom is 0.275 e. The molecular formula is C28H35FN6O2. The lowest BCUT2D eigenvalue weighted by molar-refractivity contribution is 0.0746. The first-order chi connectivity index (χ1) is 17.6. The molecule has 3 aromatic rings. The van der Waals surface area contributed by atoms with Crippen LogP contribution in [0, 0.1) is 5.82 Å². The number of hydrogen-bond donors (Lipinski definition) is 2. The van der Waals surface area contributed by atoms with Crippen molar-refractivity contribution >= 4 is 17.7 Å². The fraction of sp³-hybridized carbons (Fsp3) is 0.429. The molecule has 1 atom stereocenters. The second-order valence-electron chi connectivity index (χ2n) is 10.9. The van der Waals surface area contributed by atoms with Crippen molar-refractivity contribution in [3.05, 3.63) is 76.7 Å². The number of nitrogens with zero attached hydrogens (tertiary/aromatic N) is 5. The third kappa shape index (κ3) is 5.06. The van der Waals surface area contributed by atoms with E-state index in [-0.39, 0.29) is 17.8 Å². The molecule has 1 saturated heterocycles. The molecule has 0 spiro atoms. The van der Waals surface area contributed by atoms with Crippen molar-refractivity contribution < 1.29 is 14.3 Å². The molecule has 8 nitrogen and oxygen atoms in total. The quantitative estimate of drug-likeness (QED) is 0.554. The number of fused-ring (bicyclic) bond motifs is 1. The van der Waals surface area contributed by atoms with Crippen molar-refractivity contribution in [3.8, 4) is 0 Å². The lowest BCUT2D eigenvalue weighted by Gasteiger charge is -2.35. The molecule has 2 aromatic carbocycles. The van der Waals surface area contributed by atoms with Gasteiger partial charge in [0, 0.05) is 45.3 Å². The minimum atomic E-state index is -1.16. The Hall–Kier alpha value is -3.43. The zero-order valence-electron chi connectivity index (χ0n) is 21.9. The molecule has 2 aliphatic heterocycles. The van der Waals surface area contributed by atoms with Gasteiger partial charge in [0.15, 0.2) is 11.5 Å². The third-order valence-corrected chi connectivity index (χ3v) is 7.27. The number of rotatable bonds is 5. The number of hydrogen-bond acceptors (Lipinski definition) is 6. The van der Waals surface area contributed by atoms with Crippen LogP contribution in [0.3, 0.4) is 0 Å². The number of nitrogens with one attached hydrogen (secondary N) is 1. The van der Waals surface area contributed by atoms with Crippen molar-refractivity contribution in [2.45, 2.75) is 45.6 Å². The van der Waals surface area contributed by atoms with E-state index in [9.17, 15) is 14.3 Å². The van der Waals surface area contributed by atoms with E-state index in [1.165, 1.54) is 22.1 Å². The number of benzene rings is 2. The first-order valence-electron chi connectivity index (χ1n) is 12.7. The van der Waals surface area contributed by atoms with E-state index in [4.69, 9.17) is 4.98 Å². The molecule has 0 aliphatic carbocycles. The monoisotopic (exact) mass is 506 g/mol. The Bertz CT molecular complexity index is 1270. The Labute approximate surface area is 217 Å². The van der Waals surface area contributed by atoms with Crippen LogP contribution in [0.4, 0.5) is 16.2 Å². The average molecular weight is 507 g/mol. The largest absolute Gasteiger partial charge is 0.356 e. The molecular weight excluding hydrogens is 471 g/mol. The van der Waals surface area contributed by atoms with Crippen molar-refractivity contribution in [1.82, 2.24) is 19.8 Å². The molecule has 0 saturated carbocycles. The van der Waals surface area contributed by atoms with Gasteiger partial charge in [-0.15, -0.1) is 0 Å². The van der Waals surface area contributed by atoms with E-state index in [2.05, 4.69) is 60.2 Å². The maximum atomic E-state index is 14.6. The lowest BCUT2D eigenvalue weighted by atomic mass is 9.87. The number of carbonyl (C=O) groups excluding carboxylic acids is 1. The molecule has 1 amide bonds. The van der Waals surface area contributed by atoms with Gasteiger partial charge in [0.25, 0.3) is 5.91 Å². The molecule has 1 unspecified atom stereocenters. The van der Waals surface area contributed by atoms with Gasteiger partial charge in [-0.3, -0.25) is 14.3 Å². The molecule has 5 rings (SSSR count). The second-order valence-corrected chi connectivity index (χ2v) is 10.9. The Morgan fingerprint density at radius 3 is 2.35 bits per heavy atom. The van der Waals surface area contributed by atoms with Gasteiger partial charge in [-0.25, -0.2) is 4.39 Å². The van der Waals surface area contributed by atoms with Crippen LogP contribution in [0.15, 0.2) is 48.5 Å². The first-order valence-corrected chi connectivity index (χ1v) is 12.7. The van der Waals surface area contributed by atoms with E-state index >= 15 is 0 Å². The standard InChI is InChI=1S/C28H35FN6O2/c1-28(2,3)21-11-9-19(10-12-21)17-33-13-15-34(16-14-33)26-30-24-23(25(36)31-27(37)32(24)4)35(26)18-20-7-5-6-8-22(20)29/h5-12,27,37H,13-18H2,1-4H3,(H,31,36). The molecule has 1 aromatic heterocycles. The predicted octanol–water partition coefficient (Wildman–Crippen LogP) is 3.15. The summed E-state index contributed by atoms with van der Waals surface area (Å²) in [4.78, 5) is 23.8. The zero-order valence-corrected chi connectivity index (χ0v) is 21.9. The Balaban J connectivity index is 1.36. The molecule has 196 valence electrons. The summed E-state index contributed by atoms with van der Waals surface area (Å²) in [6.45, 7) is 10.8. The number of carbonyl (C=O) groups is 1. The van der Waals surface area contributed by atoms with Crippen LogP contribution in [0.25, 0.3) is 0 Å². The number of anilines is 2. The Morgan fingerprint density at radius 2 is 1.70 bits per heavy atom. The first kappa shape index (κ1) is 25.2. The van der Waals surface area contributed by atoms with Crippen LogP contribution in [0.2, 0.25) is 0 Å². The van der Waals surface area contributed by atoms with Gasteiger partial charge in [0.2, 0.25) is 12.3 Å². The summed E-state index contributed by atoms with van der Waals surface area (Å²) >= 11 is 0. The minimum Gasteiger partial charge on any atom is -0.356 e. The number of aliphatic hydroxyl groups excluding tert-OH is 1. The number of piperazine rings is 1. The summed E-state index contributed by atoms with van der Waals surface area (Å²) in [5, 5.41) is 12.8. The molecule has 37 heavy (non-hydrogen) atoms. The topological polar surface area (TPSA) is 76.9 Å². The summed E-state index contributed by atoms with van der Waals surface area (Å²) in [5.41, 5.74) is 3.54. The SMILES string of the molecule is CN1c2nc(N3CCN(Cc4ccc(C(C)(C)C)cc4)CC3)n(Cc3ccccc3F)c2C(=O)NC1O. The van der Waals surface area contributed by atoms with E-state index < -0.39 is 12.3 Å². The number of aliphatic hydroxyl groups is 1. The molecule has 0 radical (unpaired) electrons. The fourth-order valence-corrected chi connectivity index (χ4v) is 4.96. The van der Waals surface area contributed by atoms with Crippen LogP contribution < -0.4 is 15.1 Å². The normalized spacial score (nSPS) is 18.6. The third-order valence-electron chi connectivity index (χ3n) is 7.27. The van der Waals surface area contributed by atoms with Gasteiger partial charge in [-0.05, 0) is 22.6 Å². The fourth-order valence-electron chi connectivity index (χ4n) is 4.96. The Morgan fingerprint density at radius 1 is 1.03 bits per heavy atom. The number of aromatic nitrogens is 2. The molecule has 3 heterocycles. The van der Waals surface area contributed by atoms with Crippen LogP contribution in [-0.4, -0.2) is 65.0 Å². The highest BCUT2D eigenvalue weighted by Gasteiger charge is 2.36. The number of imidazole rings is 1. The van der Waals surface area contributed by atoms with Crippen molar-refractivity contribution in [2.75, 3.05) is 43.0 Å². The van der Waals surface area contributed by atoms with E-state index in [0.717, 1.165) is 32.7 Å². The molecule has 2 aliphatic rings. The van der Waals surface area contributed by atoms with E-state index in [0.29, 0.717) is 23.0 Å². The molecule has 9 heteroatoms. The minimum absolute atomic E-state index is 0.134. The van der Waals surface area contributed by atoms with Gasteiger partial charge in [-0.2, -0.15) is 4.98 Å². The zero-order chi connectivity index (χ0) is 26.3. The van der Waals surface area contributed by atoms with Crippen LogP contribution >= 0.6 is 0 Å². The highest BCUT2D eigenvalue weighted by Crippen LogP contribution is 2.31. The highest BCUT2D eigenvalue weighted by atomic mass is 19.1. The van der Waals surface area contributed by atoms with Crippen molar-refractivity contribution in [1.29, 1.82) is 0 Å². The highest BCUT2D eigenvalue weighted by molar-refractivity contribution is 6.00. The molecule has 2 N–H and O–H groups in total.